The summed E-state index contributed by atoms with van der Waals surface area (Å²) in [5, 5.41) is 5.49. The van der Waals surface area contributed by atoms with Crippen LogP contribution in [0, 0.1) is 5.92 Å². The predicted molar refractivity (Wildman–Crippen MR) is 125 cm³/mol. The molecule has 1 aromatic rings. The number of methoxy groups -OCH3 is 1. The lowest BCUT2D eigenvalue weighted by Gasteiger charge is -2.59. The summed E-state index contributed by atoms with van der Waals surface area (Å²) < 4.78 is 33.9. The van der Waals surface area contributed by atoms with Gasteiger partial charge in [0.15, 0.2) is 36.3 Å². The molecule has 0 aromatic heterocycles. The SMILES string of the molecule is CO[C@H]1O[C@@H]2C(=O)O[C@@H]3C1[C@@]2(NC(=O)NCc1ccccc1)[C@@H](OC(C)=O)C(OC(C)=O)[C@@]3(C)OC(C)=O. The Balaban J connectivity index is 1.84. The first-order chi connectivity index (χ1) is 17.9. The van der Waals surface area contributed by atoms with E-state index in [4.69, 9.17) is 28.4 Å². The first-order valence-corrected chi connectivity index (χ1v) is 12.0. The van der Waals surface area contributed by atoms with Crippen LogP contribution in [0.2, 0.25) is 0 Å². The molecule has 206 valence electrons. The molecular formula is C25H30N2O11. The van der Waals surface area contributed by atoms with Crippen molar-refractivity contribution >= 4 is 29.9 Å². The van der Waals surface area contributed by atoms with Crippen molar-refractivity contribution in [2.24, 2.45) is 5.92 Å². The van der Waals surface area contributed by atoms with Gasteiger partial charge in [-0.15, -0.1) is 0 Å². The van der Waals surface area contributed by atoms with Gasteiger partial charge < -0.3 is 39.1 Å². The van der Waals surface area contributed by atoms with Crippen molar-refractivity contribution in [2.45, 2.75) is 76.1 Å². The first kappa shape index (κ1) is 27.3. The average molecular weight is 535 g/mol. The summed E-state index contributed by atoms with van der Waals surface area (Å²) in [6.45, 7) is 4.88. The molecule has 38 heavy (non-hydrogen) atoms. The van der Waals surface area contributed by atoms with Crippen LogP contribution in [0.5, 0.6) is 0 Å². The highest BCUT2D eigenvalue weighted by Gasteiger charge is 2.81. The molecule has 0 spiro atoms. The van der Waals surface area contributed by atoms with Gasteiger partial charge in [-0.05, 0) is 12.5 Å². The summed E-state index contributed by atoms with van der Waals surface area (Å²) in [4.78, 5) is 63.3. The molecule has 1 aromatic carbocycles. The number of carbonyl (C=O) groups is 5. The molecule has 13 nitrogen and oxygen atoms in total. The second-order valence-electron chi connectivity index (χ2n) is 9.57. The Kier molecular flexibility index (Phi) is 7.35. The molecule has 4 rings (SSSR count). The first-order valence-electron chi connectivity index (χ1n) is 12.0. The molecule has 1 saturated carbocycles. The Bertz CT molecular complexity index is 1130. The van der Waals surface area contributed by atoms with E-state index < -0.39 is 77.7 Å². The number of amides is 2. The minimum atomic E-state index is -1.85. The van der Waals surface area contributed by atoms with E-state index in [1.165, 1.54) is 14.0 Å². The van der Waals surface area contributed by atoms with Crippen LogP contribution in [-0.4, -0.2) is 78.9 Å². The van der Waals surface area contributed by atoms with Crippen LogP contribution in [0.1, 0.15) is 33.3 Å². The van der Waals surface area contributed by atoms with Crippen LogP contribution in [0.15, 0.2) is 30.3 Å². The minimum absolute atomic E-state index is 0.136. The number of urea groups is 1. The summed E-state index contributed by atoms with van der Waals surface area (Å²) in [5.74, 6) is -4.34. The van der Waals surface area contributed by atoms with Crippen molar-refractivity contribution in [1.82, 2.24) is 10.6 Å². The number of hydrogen-bond donors (Lipinski definition) is 2. The van der Waals surface area contributed by atoms with Crippen LogP contribution in [0.3, 0.4) is 0 Å². The zero-order valence-electron chi connectivity index (χ0n) is 21.5. The van der Waals surface area contributed by atoms with Crippen LogP contribution in [0.4, 0.5) is 4.79 Å². The smallest absolute Gasteiger partial charge is 0.338 e. The molecule has 8 atom stereocenters. The van der Waals surface area contributed by atoms with Crippen molar-refractivity contribution < 1.29 is 52.4 Å². The summed E-state index contributed by atoms with van der Waals surface area (Å²) in [7, 11) is 1.32. The van der Waals surface area contributed by atoms with E-state index >= 15 is 0 Å². The van der Waals surface area contributed by atoms with Crippen LogP contribution in [0.25, 0.3) is 0 Å². The van der Waals surface area contributed by atoms with Gasteiger partial charge in [-0.1, -0.05) is 30.3 Å². The van der Waals surface area contributed by atoms with Gasteiger partial charge in [0, 0.05) is 34.4 Å². The third-order valence-corrected chi connectivity index (χ3v) is 7.02. The summed E-state index contributed by atoms with van der Waals surface area (Å²) in [6, 6.07) is 8.34. The van der Waals surface area contributed by atoms with Crippen molar-refractivity contribution in [3.63, 3.8) is 0 Å². The second-order valence-corrected chi connectivity index (χ2v) is 9.57. The Morgan fingerprint density at radius 2 is 1.61 bits per heavy atom. The number of carbonyl (C=O) groups excluding carboxylic acids is 5. The lowest BCUT2D eigenvalue weighted by atomic mass is 9.59. The number of rotatable bonds is 7. The Hall–Kier alpha value is -3.71. The zero-order chi connectivity index (χ0) is 27.8. The standard InChI is InChI=1S/C25H30N2O11/c1-12(28)34-18-19(35-13(2)29)25(27-23(32)26-11-15-9-7-6-8-10-15)16-17(24(18,4)38-14(3)30)36-21(31)20(25)37-22(16)33-5/h6-10,16-20,22H,11H2,1-5H3,(H2,26,27,32)/t16?,17-,18?,19+,20-,22+,24+,25-/m1/s1. The molecule has 3 aliphatic rings. The third kappa shape index (κ3) is 4.56. The molecule has 2 aliphatic heterocycles. The monoisotopic (exact) mass is 534 g/mol. The van der Waals surface area contributed by atoms with Gasteiger partial charge in [-0.3, -0.25) is 14.4 Å². The van der Waals surface area contributed by atoms with Gasteiger partial charge in [0.1, 0.15) is 5.54 Å². The van der Waals surface area contributed by atoms with Crippen molar-refractivity contribution in [3.05, 3.63) is 35.9 Å². The molecule has 1 aliphatic carbocycles. The highest BCUT2D eigenvalue weighted by molar-refractivity contribution is 5.84. The number of benzene rings is 1. The summed E-state index contributed by atoms with van der Waals surface area (Å²) in [5.41, 5.74) is -2.87. The van der Waals surface area contributed by atoms with E-state index in [2.05, 4.69) is 10.6 Å². The number of esters is 4. The number of ether oxygens (including phenoxy) is 6. The van der Waals surface area contributed by atoms with E-state index in [9.17, 15) is 24.0 Å². The highest BCUT2D eigenvalue weighted by Crippen LogP contribution is 2.56. The quantitative estimate of drug-likeness (QED) is 0.366. The summed E-state index contributed by atoms with van der Waals surface area (Å²) in [6.07, 6.45) is -7.04. The maximum Gasteiger partial charge on any atom is 0.338 e. The fourth-order valence-electron chi connectivity index (χ4n) is 5.72. The second kappa shape index (κ2) is 10.2. The average Bonchev–Trinajstić information content (AvgIpc) is 3.07. The minimum Gasteiger partial charge on any atom is -0.456 e. The predicted octanol–water partition coefficient (Wildman–Crippen LogP) is 0.336. The largest absolute Gasteiger partial charge is 0.456 e. The van der Waals surface area contributed by atoms with Crippen LogP contribution < -0.4 is 10.6 Å². The maximum absolute atomic E-state index is 13.3. The molecule has 2 heterocycles. The van der Waals surface area contributed by atoms with Crippen molar-refractivity contribution in [2.75, 3.05) is 7.11 Å². The topological polar surface area (TPSA) is 165 Å². The van der Waals surface area contributed by atoms with Crippen molar-refractivity contribution in [1.29, 1.82) is 0 Å². The van der Waals surface area contributed by atoms with E-state index in [0.717, 1.165) is 26.3 Å². The van der Waals surface area contributed by atoms with Gasteiger partial charge in [-0.2, -0.15) is 0 Å². The highest BCUT2D eigenvalue weighted by atomic mass is 16.7. The van der Waals surface area contributed by atoms with Crippen LogP contribution in [-0.2, 0) is 54.1 Å². The van der Waals surface area contributed by atoms with E-state index in [-0.39, 0.29) is 6.54 Å². The maximum atomic E-state index is 13.3. The van der Waals surface area contributed by atoms with Crippen LogP contribution >= 0.6 is 0 Å². The Morgan fingerprint density at radius 1 is 0.974 bits per heavy atom. The van der Waals surface area contributed by atoms with E-state index in [1.807, 2.05) is 30.3 Å². The number of nitrogens with one attached hydrogen (secondary N) is 2. The zero-order valence-corrected chi connectivity index (χ0v) is 21.5. The Labute approximate surface area is 218 Å². The molecule has 2 saturated heterocycles. The lowest BCUT2D eigenvalue weighted by Crippen LogP contribution is -2.84. The van der Waals surface area contributed by atoms with E-state index in [1.54, 1.807) is 0 Å². The molecule has 3 fully saturated rings. The molecule has 2 unspecified atom stereocenters. The van der Waals surface area contributed by atoms with Gasteiger partial charge in [0.25, 0.3) is 0 Å². The number of hydrogen-bond acceptors (Lipinski definition) is 11. The normalized spacial score (nSPS) is 34.9. The van der Waals surface area contributed by atoms with Gasteiger partial charge in [0.2, 0.25) is 0 Å². The molecule has 0 radical (unpaired) electrons. The molecule has 13 heteroatoms. The molecule has 4 bridgehead atoms. The fraction of sp³-hybridized carbons (Fsp3) is 0.560. The molecule has 2 amide bonds. The van der Waals surface area contributed by atoms with E-state index in [0.29, 0.717) is 0 Å². The van der Waals surface area contributed by atoms with Gasteiger partial charge in [0.05, 0.1) is 5.92 Å². The van der Waals surface area contributed by atoms with Crippen molar-refractivity contribution in [3.8, 4) is 0 Å². The summed E-state index contributed by atoms with van der Waals surface area (Å²) >= 11 is 0. The molecule has 2 N–H and O–H groups in total. The Morgan fingerprint density at radius 3 is 2.18 bits per heavy atom. The van der Waals surface area contributed by atoms with Gasteiger partial charge in [-0.25, -0.2) is 9.59 Å². The lowest BCUT2D eigenvalue weighted by molar-refractivity contribution is -0.282. The van der Waals surface area contributed by atoms with Gasteiger partial charge >= 0.3 is 29.9 Å². The fourth-order valence-corrected chi connectivity index (χ4v) is 5.72. The third-order valence-electron chi connectivity index (χ3n) is 7.02. The molecular weight excluding hydrogens is 504 g/mol.